The third kappa shape index (κ3) is 3.34. The molecule has 1 heterocycles. The third-order valence-corrected chi connectivity index (χ3v) is 4.81. The summed E-state index contributed by atoms with van der Waals surface area (Å²) >= 11 is 1.84. The Morgan fingerprint density at radius 1 is 0.952 bits per heavy atom. The van der Waals surface area contributed by atoms with Crippen LogP contribution in [0.25, 0.3) is 10.8 Å². The molecule has 0 saturated heterocycles. The highest BCUT2D eigenvalue weighted by Crippen LogP contribution is 2.24. The largest absolute Gasteiger partial charge is 0.307 e. The number of rotatable bonds is 5. The Bertz CT molecular complexity index is 697. The van der Waals surface area contributed by atoms with Gasteiger partial charge in [0, 0.05) is 17.0 Å². The van der Waals surface area contributed by atoms with E-state index in [2.05, 4.69) is 79.1 Å². The van der Waals surface area contributed by atoms with Crippen LogP contribution in [0.15, 0.2) is 60.0 Å². The summed E-state index contributed by atoms with van der Waals surface area (Å²) in [5, 5.41) is 8.55. The van der Waals surface area contributed by atoms with Crippen LogP contribution >= 0.6 is 11.3 Å². The van der Waals surface area contributed by atoms with Crippen molar-refractivity contribution in [3.8, 4) is 0 Å². The number of benzene rings is 2. The standard InChI is InChI=1S/C19H21NS/c1-14(13-17-9-6-12-21-17)20-15(2)18-11-5-8-16-7-3-4-10-19(16)18/h3-12,14-15,20H,13H2,1-2H3. The Morgan fingerprint density at radius 2 is 1.76 bits per heavy atom. The van der Waals surface area contributed by atoms with E-state index in [1.165, 1.54) is 21.2 Å². The first-order valence-corrected chi connectivity index (χ1v) is 8.38. The second-order valence-electron chi connectivity index (χ2n) is 5.64. The maximum absolute atomic E-state index is 3.73. The summed E-state index contributed by atoms with van der Waals surface area (Å²) in [6.45, 7) is 4.52. The topological polar surface area (TPSA) is 12.0 Å². The fraction of sp³-hybridized carbons (Fsp3) is 0.263. The monoisotopic (exact) mass is 295 g/mol. The molecule has 0 spiro atoms. The van der Waals surface area contributed by atoms with E-state index in [9.17, 15) is 0 Å². The number of hydrogen-bond acceptors (Lipinski definition) is 2. The molecule has 0 aliphatic rings. The Hall–Kier alpha value is -1.64. The zero-order valence-electron chi connectivity index (χ0n) is 12.5. The van der Waals surface area contributed by atoms with E-state index in [1.807, 2.05) is 11.3 Å². The molecule has 2 heteroatoms. The van der Waals surface area contributed by atoms with Crippen molar-refractivity contribution in [2.45, 2.75) is 32.4 Å². The molecule has 2 unspecified atom stereocenters. The summed E-state index contributed by atoms with van der Waals surface area (Å²) in [6, 6.07) is 20.3. The van der Waals surface area contributed by atoms with Crippen LogP contribution in [0.1, 0.15) is 30.3 Å². The molecule has 3 rings (SSSR count). The first-order valence-electron chi connectivity index (χ1n) is 7.50. The van der Waals surface area contributed by atoms with E-state index in [0.717, 1.165) is 6.42 Å². The van der Waals surface area contributed by atoms with Gasteiger partial charge in [0.25, 0.3) is 0 Å². The molecule has 1 N–H and O–H groups in total. The van der Waals surface area contributed by atoms with Gasteiger partial charge < -0.3 is 5.32 Å². The molecular weight excluding hydrogens is 274 g/mol. The molecule has 108 valence electrons. The minimum absolute atomic E-state index is 0.353. The quantitative estimate of drug-likeness (QED) is 0.683. The highest BCUT2D eigenvalue weighted by atomic mass is 32.1. The van der Waals surface area contributed by atoms with Crippen molar-refractivity contribution in [1.29, 1.82) is 0 Å². The minimum atomic E-state index is 0.353. The summed E-state index contributed by atoms with van der Waals surface area (Å²) in [6.07, 6.45) is 1.09. The molecular formula is C19H21NS. The maximum Gasteiger partial charge on any atom is 0.0300 e. The van der Waals surface area contributed by atoms with Crippen molar-refractivity contribution in [1.82, 2.24) is 5.32 Å². The van der Waals surface area contributed by atoms with E-state index in [1.54, 1.807) is 0 Å². The van der Waals surface area contributed by atoms with Crippen LogP contribution in [-0.2, 0) is 6.42 Å². The summed E-state index contributed by atoms with van der Waals surface area (Å²) in [7, 11) is 0. The maximum atomic E-state index is 3.73. The Kier molecular flexibility index (Phi) is 4.37. The molecule has 1 nitrogen and oxygen atoms in total. The van der Waals surface area contributed by atoms with Crippen molar-refractivity contribution < 1.29 is 0 Å². The lowest BCUT2D eigenvalue weighted by molar-refractivity contribution is 0.481. The summed E-state index contributed by atoms with van der Waals surface area (Å²) < 4.78 is 0. The molecule has 0 bridgehead atoms. The summed E-state index contributed by atoms with van der Waals surface area (Å²) in [4.78, 5) is 1.44. The van der Waals surface area contributed by atoms with Gasteiger partial charge in [-0.3, -0.25) is 0 Å². The van der Waals surface area contributed by atoms with Crippen molar-refractivity contribution in [2.75, 3.05) is 0 Å². The molecule has 2 atom stereocenters. The van der Waals surface area contributed by atoms with E-state index in [0.29, 0.717) is 12.1 Å². The van der Waals surface area contributed by atoms with Crippen LogP contribution in [0.2, 0.25) is 0 Å². The highest BCUT2D eigenvalue weighted by Gasteiger charge is 2.12. The lowest BCUT2D eigenvalue weighted by atomic mass is 9.99. The van der Waals surface area contributed by atoms with Crippen molar-refractivity contribution in [3.05, 3.63) is 70.4 Å². The Balaban J connectivity index is 1.76. The van der Waals surface area contributed by atoms with Crippen LogP contribution in [0.5, 0.6) is 0 Å². The smallest absolute Gasteiger partial charge is 0.0300 e. The number of fused-ring (bicyclic) bond motifs is 1. The fourth-order valence-corrected chi connectivity index (χ4v) is 3.77. The third-order valence-electron chi connectivity index (χ3n) is 3.91. The Labute approximate surface area is 130 Å². The molecule has 3 aromatic rings. The molecule has 0 fully saturated rings. The SMILES string of the molecule is CC(Cc1cccs1)NC(C)c1cccc2ccccc12. The average Bonchev–Trinajstić information content (AvgIpc) is 2.99. The van der Waals surface area contributed by atoms with Gasteiger partial charge in [0.2, 0.25) is 0 Å². The Morgan fingerprint density at radius 3 is 2.57 bits per heavy atom. The molecule has 0 aliphatic heterocycles. The van der Waals surface area contributed by atoms with Crippen molar-refractivity contribution in [3.63, 3.8) is 0 Å². The first kappa shape index (κ1) is 14.3. The number of thiophene rings is 1. The van der Waals surface area contributed by atoms with Gasteiger partial charge in [-0.1, -0.05) is 48.5 Å². The zero-order valence-corrected chi connectivity index (χ0v) is 13.4. The summed E-state index contributed by atoms with van der Waals surface area (Å²) in [5.41, 5.74) is 1.38. The second-order valence-corrected chi connectivity index (χ2v) is 6.67. The van der Waals surface area contributed by atoms with E-state index < -0.39 is 0 Å². The summed E-state index contributed by atoms with van der Waals surface area (Å²) in [5.74, 6) is 0. The molecule has 0 amide bonds. The van der Waals surface area contributed by atoms with E-state index in [4.69, 9.17) is 0 Å². The van der Waals surface area contributed by atoms with Gasteiger partial charge in [0.05, 0.1) is 0 Å². The highest BCUT2D eigenvalue weighted by molar-refractivity contribution is 7.09. The van der Waals surface area contributed by atoms with Crippen LogP contribution in [-0.4, -0.2) is 6.04 Å². The van der Waals surface area contributed by atoms with Crippen LogP contribution in [0.4, 0.5) is 0 Å². The van der Waals surface area contributed by atoms with Gasteiger partial charge >= 0.3 is 0 Å². The average molecular weight is 295 g/mol. The van der Waals surface area contributed by atoms with Gasteiger partial charge in [0.1, 0.15) is 0 Å². The van der Waals surface area contributed by atoms with Crippen molar-refractivity contribution in [2.24, 2.45) is 0 Å². The molecule has 0 saturated carbocycles. The van der Waals surface area contributed by atoms with Gasteiger partial charge in [-0.15, -0.1) is 11.3 Å². The van der Waals surface area contributed by atoms with Gasteiger partial charge in [-0.25, -0.2) is 0 Å². The lowest BCUT2D eigenvalue weighted by Crippen LogP contribution is -2.30. The van der Waals surface area contributed by atoms with Crippen LogP contribution in [0.3, 0.4) is 0 Å². The van der Waals surface area contributed by atoms with Gasteiger partial charge in [0.15, 0.2) is 0 Å². The van der Waals surface area contributed by atoms with Gasteiger partial charge in [-0.2, -0.15) is 0 Å². The predicted molar refractivity (Wildman–Crippen MR) is 93.0 cm³/mol. The van der Waals surface area contributed by atoms with Crippen LogP contribution in [0, 0.1) is 0 Å². The lowest BCUT2D eigenvalue weighted by Gasteiger charge is -2.21. The molecule has 1 aromatic heterocycles. The van der Waals surface area contributed by atoms with E-state index in [-0.39, 0.29) is 0 Å². The first-order chi connectivity index (χ1) is 10.2. The molecule has 0 radical (unpaired) electrons. The molecule has 0 aliphatic carbocycles. The molecule has 2 aromatic carbocycles. The molecule has 21 heavy (non-hydrogen) atoms. The predicted octanol–water partition coefficient (Wildman–Crippen LogP) is 5.18. The second kappa shape index (κ2) is 6.42. The van der Waals surface area contributed by atoms with Gasteiger partial charge in [-0.05, 0) is 48.1 Å². The number of nitrogens with one attached hydrogen (secondary N) is 1. The van der Waals surface area contributed by atoms with E-state index >= 15 is 0 Å². The van der Waals surface area contributed by atoms with Crippen molar-refractivity contribution >= 4 is 22.1 Å². The number of hydrogen-bond donors (Lipinski definition) is 1. The minimum Gasteiger partial charge on any atom is -0.307 e. The fourth-order valence-electron chi connectivity index (χ4n) is 2.93. The van der Waals surface area contributed by atoms with Crippen LogP contribution < -0.4 is 5.32 Å². The zero-order chi connectivity index (χ0) is 14.7. The normalized spacial score (nSPS) is 14.2.